The number of aromatic nitrogens is 2. The molecule has 0 spiro atoms. The molecule has 0 aromatic carbocycles. The van der Waals surface area contributed by atoms with E-state index in [9.17, 15) is 13.2 Å². The highest BCUT2D eigenvalue weighted by Crippen LogP contribution is 2.39. The van der Waals surface area contributed by atoms with E-state index < -0.39 is 12.7 Å². The minimum atomic E-state index is -4.27. The van der Waals surface area contributed by atoms with Gasteiger partial charge in [-0.15, -0.1) is 0 Å². The number of hydrogen-bond acceptors (Lipinski definition) is 5. The van der Waals surface area contributed by atoms with Gasteiger partial charge in [0.2, 0.25) is 0 Å². The van der Waals surface area contributed by atoms with Crippen LogP contribution in [0.5, 0.6) is 0 Å². The highest BCUT2D eigenvalue weighted by Gasteiger charge is 2.31. The number of rotatable bonds is 4. The Labute approximate surface area is 102 Å². The zero-order chi connectivity index (χ0) is 13.3. The van der Waals surface area contributed by atoms with E-state index in [1.54, 1.807) is 0 Å². The summed E-state index contributed by atoms with van der Waals surface area (Å²) >= 11 is 0. The SMILES string of the molecule is CN(CC(F)(F)F)c1cc(NN)nc(C2CC2)n1. The van der Waals surface area contributed by atoms with Crippen LogP contribution in [0.15, 0.2) is 6.07 Å². The fourth-order valence-corrected chi connectivity index (χ4v) is 1.60. The molecular formula is C10H14F3N5. The predicted octanol–water partition coefficient (Wildman–Crippen LogP) is 1.64. The standard InChI is InChI=1S/C10H14F3N5/c1-18(5-10(11,12)13)8-4-7(17-14)15-9(16-8)6-2-3-6/h4,6H,2-3,5,14H2,1H3,(H,15,16,17). The smallest absolute Gasteiger partial charge is 0.350 e. The zero-order valence-electron chi connectivity index (χ0n) is 9.83. The lowest BCUT2D eigenvalue weighted by Gasteiger charge is -2.20. The molecule has 0 unspecified atom stereocenters. The summed E-state index contributed by atoms with van der Waals surface area (Å²) in [6, 6.07) is 1.40. The molecule has 1 aliphatic rings. The quantitative estimate of drug-likeness (QED) is 0.637. The van der Waals surface area contributed by atoms with E-state index >= 15 is 0 Å². The Bertz CT molecular complexity index is 430. The van der Waals surface area contributed by atoms with Gasteiger partial charge in [0.15, 0.2) is 0 Å². The number of nitrogens with two attached hydrogens (primary N) is 1. The minimum absolute atomic E-state index is 0.220. The fourth-order valence-electron chi connectivity index (χ4n) is 1.60. The first-order valence-electron chi connectivity index (χ1n) is 5.52. The van der Waals surface area contributed by atoms with Gasteiger partial charge in [0.05, 0.1) is 0 Å². The van der Waals surface area contributed by atoms with Crippen LogP contribution in [0.25, 0.3) is 0 Å². The van der Waals surface area contributed by atoms with Crippen LogP contribution >= 0.6 is 0 Å². The Balaban J connectivity index is 2.22. The van der Waals surface area contributed by atoms with Gasteiger partial charge in [0.1, 0.15) is 24.0 Å². The lowest BCUT2D eigenvalue weighted by atomic mass is 10.3. The van der Waals surface area contributed by atoms with Crippen molar-refractivity contribution in [3.8, 4) is 0 Å². The first kappa shape index (κ1) is 12.9. The second-order valence-electron chi connectivity index (χ2n) is 4.36. The normalized spacial score (nSPS) is 15.6. The maximum absolute atomic E-state index is 12.3. The topological polar surface area (TPSA) is 67.1 Å². The van der Waals surface area contributed by atoms with Crippen molar-refractivity contribution in [2.24, 2.45) is 5.84 Å². The maximum atomic E-state index is 12.3. The summed E-state index contributed by atoms with van der Waals surface area (Å²) in [5.74, 6) is 6.60. The van der Waals surface area contributed by atoms with Gasteiger partial charge in [-0.05, 0) is 12.8 Å². The summed E-state index contributed by atoms with van der Waals surface area (Å²) in [5, 5.41) is 0. The molecular weight excluding hydrogens is 247 g/mol. The molecule has 0 aliphatic heterocycles. The number of nitrogen functional groups attached to an aromatic ring is 1. The van der Waals surface area contributed by atoms with Gasteiger partial charge in [-0.3, -0.25) is 0 Å². The summed E-state index contributed by atoms with van der Waals surface area (Å²) < 4.78 is 37.0. The van der Waals surface area contributed by atoms with Crippen LogP contribution in [0.2, 0.25) is 0 Å². The molecule has 0 radical (unpaired) electrons. The van der Waals surface area contributed by atoms with Crippen LogP contribution < -0.4 is 16.2 Å². The van der Waals surface area contributed by atoms with Crippen molar-refractivity contribution in [2.75, 3.05) is 23.9 Å². The molecule has 3 N–H and O–H groups in total. The molecule has 1 aliphatic carbocycles. The molecule has 8 heteroatoms. The lowest BCUT2D eigenvalue weighted by Crippen LogP contribution is -2.31. The van der Waals surface area contributed by atoms with E-state index in [-0.39, 0.29) is 11.7 Å². The third-order valence-corrected chi connectivity index (χ3v) is 2.63. The van der Waals surface area contributed by atoms with E-state index in [1.165, 1.54) is 13.1 Å². The molecule has 5 nitrogen and oxygen atoms in total. The van der Waals surface area contributed by atoms with Crippen molar-refractivity contribution in [1.29, 1.82) is 0 Å². The van der Waals surface area contributed by atoms with Crippen LogP contribution in [-0.2, 0) is 0 Å². The Morgan fingerprint density at radius 1 is 1.44 bits per heavy atom. The van der Waals surface area contributed by atoms with Gasteiger partial charge in [-0.1, -0.05) is 0 Å². The maximum Gasteiger partial charge on any atom is 0.405 e. The summed E-state index contributed by atoms with van der Waals surface area (Å²) in [6.07, 6.45) is -2.33. The summed E-state index contributed by atoms with van der Waals surface area (Å²) in [4.78, 5) is 9.32. The minimum Gasteiger partial charge on any atom is -0.350 e. The van der Waals surface area contributed by atoms with Crippen molar-refractivity contribution in [2.45, 2.75) is 24.9 Å². The second kappa shape index (κ2) is 4.60. The van der Waals surface area contributed by atoms with Crippen molar-refractivity contribution in [3.05, 3.63) is 11.9 Å². The molecule has 1 fully saturated rings. The van der Waals surface area contributed by atoms with Crippen molar-refractivity contribution < 1.29 is 13.2 Å². The van der Waals surface area contributed by atoms with Crippen molar-refractivity contribution in [1.82, 2.24) is 9.97 Å². The number of nitrogens with one attached hydrogen (secondary N) is 1. The van der Waals surface area contributed by atoms with E-state index in [0.717, 1.165) is 17.7 Å². The second-order valence-corrected chi connectivity index (χ2v) is 4.36. The van der Waals surface area contributed by atoms with E-state index in [0.29, 0.717) is 11.6 Å². The van der Waals surface area contributed by atoms with Crippen LogP contribution in [0.1, 0.15) is 24.6 Å². The van der Waals surface area contributed by atoms with Gasteiger partial charge >= 0.3 is 6.18 Å². The Kier molecular flexibility index (Phi) is 3.29. The molecule has 0 bridgehead atoms. The van der Waals surface area contributed by atoms with Crippen LogP contribution in [0, 0.1) is 0 Å². The van der Waals surface area contributed by atoms with Crippen molar-refractivity contribution >= 4 is 11.6 Å². The van der Waals surface area contributed by atoms with E-state index in [1.807, 2.05) is 0 Å². The Morgan fingerprint density at radius 3 is 2.61 bits per heavy atom. The molecule has 0 atom stereocenters. The third kappa shape index (κ3) is 3.22. The van der Waals surface area contributed by atoms with Crippen LogP contribution in [-0.4, -0.2) is 29.7 Å². The summed E-state index contributed by atoms with van der Waals surface area (Å²) in [5.41, 5.74) is 2.35. The van der Waals surface area contributed by atoms with Gasteiger partial charge < -0.3 is 10.3 Å². The van der Waals surface area contributed by atoms with Crippen LogP contribution in [0.3, 0.4) is 0 Å². The monoisotopic (exact) mass is 261 g/mol. The highest BCUT2D eigenvalue weighted by molar-refractivity contribution is 5.49. The van der Waals surface area contributed by atoms with Gasteiger partial charge in [-0.2, -0.15) is 13.2 Å². The number of nitrogens with zero attached hydrogens (tertiary/aromatic N) is 3. The third-order valence-electron chi connectivity index (χ3n) is 2.63. The molecule has 0 saturated heterocycles. The number of halogens is 3. The lowest BCUT2D eigenvalue weighted by molar-refractivity contribution is -0.119. The van der Waals surface area contributed by atoms with E-state index in [2.05, 4.69) is 15.4 Å². The first-order chi connectivity index (χ1) is 8.39. The molecule has 2 rings (SSSR count). The summed E-state index contributed by atoms with van der Waals surface area (Å²) in [6.45, 7) is -1.06. The molecule has 1 aromatic heterocycles. The average molecular weight is 261 g/mol. The van der Waals surface area contributed by atoms with Crippen molar-refractivity contribution in [3.63, 3.8) is 0 Å². The number of hydrogen-bond donors (Lipinski definition) is 2. The number of anilines is 2. The average Bonchev–Trinajstić information content (AvgIpc) is 3.09. The van der Waals surface area contributed by atoms with Crippen LogP contribution in [0.4, 0.5) is 24.8 Å². The predicted molar refractivity (Wildman–Crippen MR) is 61.1 cm³/mol. The molecule has 0 amide bonds. The zero-order valence-corrected chi connectivity index (χ0v) is 9.83. The van der Waals surface area contributed by atoms with Gasteiger partial charge in [0.25, 0.3) is 0 Å². The largest absolute Gasteiger partial charge is 0.405 e. The summed E-state index contributed by atoms with van der Waals surface area (Å²) in [7, 11) is 1.34. The Morgan fingerprint density at radius 2 is 2.11 bits per heavy atom. The highest BCUT2D eigenvalue weighted by atomic mass is 19.4. The molecule has 1 aromatic rings. The molecule has 18 heavy (non-hydrogen) atoms. The molecule has 1 heterocycles. The van der Waals surface area contributed by atoms with E-state index in [4.69, 9.17) is 5.84 Å². The molecule has 100 valence electrons. The van der Waals surface area contributed by atoms with Gasteiger partial charge in [-0.25, -0.2) is 15.8 Å². The Hall–Kier alpha value is -1.57. The first-order valence-corrected chi connectivity index (χ1v) is 5.52. The number of alkyl halides is 3. The molecule has 1 saturated carbocycles. The van der Waals surface area contributed by atoms with Gasteiger partial charge in [0, 0.05) is 19.0 Å². The number of hydrazine groups is 1. The fraction of sp³-hybridized carbons (Fsp3) is 0.600.